The predicted molar refractivity (Wildman–Crippen MR) is 97.7 cm³/mol. The Balaban J connectivity index is 1.89. The van der Waals surface area contributed by atoms with Gasteiger partial charge in [0.15, 0.2) is 0 Å². The molecule has 1 atom stereocenters. The number of carbonyl (C=O) groups excluding carboxylic acids is 1. The Bertz CT molecular complexity index is 1090. The third kappa shape index (κ3) is 2.39. The van der Waals surface area contributed by atoms with Gasteiger partial charge in [-0.25, -0.2) is 0 Å². The summed E-state index contributed by atoms with van der Waals surface area (Å²) in [6, 6.07) is 12.0. The second-order valence-electron chi connectivity index (χ2n) is 6.23. The highest BCUT2D eigenvalue weighted by atomic mass is 35.5. The molecule has 0 unspecified atom stereocenters. The highest BCUT2D eigenvalue weighted by Gasteiger charge is 2.29. The second-order valence-corrected chi connectivity index (χ2v) is 6.67. The molecule has 2 aromatic carbocycles. The molecule has 1 aliphatic rings. The molecular formula is C19H15ClN2O3. The average Bonchev–Trinajstić information content (AvgIpc) is 2.89. The summed E-state index contributed by atoms with van der Waals surface area (Å²) in [5.74, 6) is -0.938. The van der Waals surface area contributed by atoms with E-state index in [9.17, 15) is 14.7 Å². The first kappa shape index (κ1) is 15.7. The quantitative estimate of drug-likeness (QED) is 0.736. The van der Waals surface area contributed by atoms with Gasteiger partial charge < -0.3 is 15.0 Å². The van der Waals surface area contributed by atoms with Crippen LogP contribution in [0.3, 0.4) is 0 Å². The number of amides is 1. The lowest BCUT2D eigenvalue weighted by atomic mass is 10.1. The number of benzene rings is 2. The van der Waals surface area contributed by atoms with Crippen LogP contribution in [0.2, 0.25) is 5.02 Å². The van der Waals surface area contributed by atoms with Gasteiger partial charge in [-0.2, -0.15) is 0 Å². The molecule has 0 saturated heterocycles. The average molecular weight is 355 g/mol. The molecule has 0 aliphatic carbocycles. The van der Waals surface area contributed by atoms with E-state index >= 15 is 0 Å². The number of anilines is 1. The van der Waals surface area contributed by atoms with E-state index in [0.29, 0.717) is 28.0 Å². The maximum absolute atomic E-state index is 12.9. The van der Waals surface area contributed by atoms with Crippen LogP contribution in [-0.4, -0.2) is 15.6 Å². The number of nitrogens with zero attached hydrogens (tertiary/aromatic N) is 1. The molecule has 1 aromatic heterocycles. The van der Waals surface area contributed by atoms with Crippen molar-refractivity contribution in [3.05, 3.63) is 69.0 Å². The third-order valence-electron chi connectivity index (χ3n) is 4.55. The number of aromatic hydroxyl groups is 1. The largest absolute Gasteiger partial charge is 0.506 e. The van der Waals surface area contributed by atoms with Crippen molar-refractivity contribution in [2.45, 2.75) is 19.4 Å². The van der Waals surface area contributed by atoms with Crippen LogP contribution in [0.15, 0.2) is 47.3 Å². The number of carbonyl (C=O) groups is 1. The smallest absolute Gasteiger partial charge is 0.268 e. The summed E-state index contributed by atoms with van der Waals surface area (Å²) in [5, 5.41) is 14.2. The lowest BCUT2D eigenvalue weighted by molar-refractivity contribution is 0.102. The summed E-state index contributed by atoms with van der Waals surface area (Å²) >= 11 is 5.92. The number of halogens is 1. The molecule has 0 saturated carbocycles. The Hall–Kier alpha value is -2.79. The molecule has 0 fully saturated rings. The van der Waals surface area contributed by atoms with Crippen LogP contribution in [0.25, 0.3) is 10.9 Å². The predicted octanol–water partition coefficient (Wildman–Crippen LogP) is 3.73. The van der Waals surface area contributed by atoms with Gasteiger partial charge in [0.2, 0.25) is 0 Å². The van der Waals surface area contributed by atoms with Gasteiger partial charge in [-0.05, 0) is 43.2 Å². The van der Waals surface area contributed by atoms with Crippen LogP contribution < -0.4 is 10.9 Å². The Kier molecular flexibility index (Phi) is 3.54. The van der Waals surface area contributed by atoms with E-state index in [4.69, 9.17) is 11.6 Å². The topological polar surface area (TPSA) is 71.3 Å². The van der Waals surface area contributed by atoms with E-state index in [1.165, 1.54) is 0 Å². The van der Waals surface area contributed by atoms with Crippen molar-refractivity contribution in [2.24, 2.45) is 0 Å². The van der Waals surface area contributed by atoms with Crippen molar-refractivity contribution in [3.8, 4) is 5.75 Å². The minimum absolute atomic E-state index is 0.0641. The number of aromatic nitrogens is 1. The molecule has 1 amide bonds. The molecule has 0 bridgehead atoms. The van der Waals surface area contributed by atoms with E-state index in [0.717, 1.165) is 5.56 Å². The fourth-order valence-electron chi connectivity index (χ4n) is 3.48. The number of nitrogens with one attached hydrogen (secondary N) is 1. The maximum atomic E-state index is 12.9. The van der Waals surface area contributed by atoms with Gasteiger partial charge in [0, 0.05) is 22.1 Å². The molecule has 25 heavy (non-hydrogen) atoms. The molecule has 5 nitrogen and oxygen atoms in total. The first-order valence-electron chi connectivity index (χ1n) is 7.93. The molecule has 126 valence electrons. The van der Waals surface area contributed by atoms with Gasteiger partial charge in [-0.1, -0.05) is 29.8 Å². The molecule has 3 aromatic rings. The number of para-hydroxylation sites is 1. The normalized spacial score (nSPS) is 15.5. The number of hydrogen-bond acceptors (Lipinski definition) is 3. The second kappa shape index (κ2) is 5.63. The summed E-state index contributed by atoms with van der Waals surface area (Å²) in [4.78, 5) is 25.6. The summed E-state index contributed by atoms with van der Waals surface area (Å²) < 4.78 is 1.59. The third-order valence-corrected chi connectivity index (χ3v) is 4.79. The van der Waals surface area contributed by atoms with Crippen LogP contribution in [-0.2, 0) is 6.42 Å². The zero-order valence-corrected chi connectivity index (χ0v) is 14.2. The number of hydrogen-bond donors (Lipinski definition) is 2. The zero-order valence-electron chi connectivity index (χ0n) is 13.4. The van der Waals surface area contributed by atoms with Crippen LogP contribution in [0, 0.1) is 0 Å². The van der Waals surface area contributed by atoms with Crippen molar-refractivity contribution in [1.82, 2.24) is 4.57 Å². The van der Waals surface area contributed by atoms with E-state index in [1.807, 2.05) is 19.1 Å². The molecular weight excluding hydrogens is 340 g/mol. The van der Waals surface area contributed by atoms with E-state index in [-0.39, 0.29) is 17.4 Å². The van der Waals surface area contributed by atoms with Crippen molar-refractivity contribution < 1.29 is 9.90 Å². The SMILES string of the molecule is C[C@@H]1Cc2cccc3c(O)c(C(=O)Nc4cccc(Cl)c4)c(=O)n1c23. The van der Waals surface area contributed by atoms with Crippen LogP contribution in [0.4, 0.5) is 5.69 Å². The fourth-order valence-corrected chi connectivity index (χ4v) is 3.67. The van der Waals surface area contributed by atoms with Crippen molar-refractivity contribution in [1.29, 1.82) is 0 Å². The standard InChI is InChI=1S/C19H15ClN2O3/c1-10-8-11-4-2-7-14-16(11)22(10)19(25)15(17(14)23)18(24)21-13-6-3-5-12(20)9-13/h2-7,9-10,23H,8H2,1H3,(H,21,24)/t10-/m1/s1. The van der Waals surface area contributed by atoms with Gasteiger partial charge in [-0.15, -0.1) is 0 Å². The Morgan fingerprint density at radius 2 is 2.04 bits per heavy atom. The van der Waals surface area contributed by atoms with Gasteiger partial charge in [-0.3, -0.25) is 9.59 Å². The zero-order chi connectivity index (χ0) is 17.7. The van der Waals surface area contributed by atoms with E-state index < -0.39 is 11.5 Å². The van der Waals surface area contributed by atoms with Gasteiger partial charge >= 0.3 is 0 Å². The highest BCUT2D eigenvalue weighted by molar-refractivity contribution is 6.31. The lowest BCUT2D eigenvalue weighted by Gasteiger charge is -2.14. The Morgan fingerprint density at radius 1 is 1.28 bits per heavy atom. The van der Waals surface area contributed by atoms with Crippen LogP contribution >= 0.6 is 11.6 Å². The first-order chi connectivity index (χ1) is 12.0. The number of pyridine rings is 1. The Morgan fingerprint density at radius 3 is 2.80 bits per heavy atom. The molecule has 0 radical (unpaired) electrons. The lowest BCUT2D eigenvalue weighted by Crippen LogP contribution is -2.30. The first-order valence-corrected chi connectivity index (χ1v) is 8.31. The van der Waals surface area contributed by atoms with Crippen LogP contribution in [0.1, 0.15) is 28.9 Å². The Labute approximate surface area is 148 Å². The summed E-state index contributed by atoms with van der Waals surface area (Å²) in [5.41, 5.74) is 1.43. The van der Waals surface area contributed by atoms with Gasteiger partial charge in [0.25, 0.3) is 11.5 Å². The van der Waals surface area contributed by atoms with Crippen molar-refractivity contribution in [3.63, 3.8) is 0 Å². The number of rotatable bonds is 2. The highest BCUT2D eigenvalue weighted by Crippen LogP contribution is 2.36. The maximum Gasteiger partial charge on any atom is 0.268 e. The van der Waals surface area contributed by atoms with Crippen molar-refractivity contribution in [2.75, 3.05) is 5.32 Å². The molecule has 1 aliphatic heterocycles. The van der Waals surface area contributed by atoms with Crippen molar-refractivity contribution >= 4 is 34.1 Å². The summed E-state index contributed by atoms with van der Waals surface area (Å²) in [7, 11) is 0. The molecule has 6 heteroatoms. The minimum Gasteiger partial charge on any atom is -0.506 e. The van der Waals surface area contributed by atoms with Gasteiger partial charge in [0.05, 0.1) is 5.52 Å². The molecule has 2 N–H and O–H groups in total. The van der Waals surface area contributed by atoms with E-state index in [2.05, 4.69) is 5.32 Å². The fraction of sp³-hybridized carbons (Fsp3) is 0.158. The summed E-state index contributed by atoms with van der Waals surface area (Å²) in [6.45, 7) is 1.93. The van der Waals surface area contributed by atoms with E-state index in [1.54, 1.807) is 34.9 Å². The van der Waals surface area contributed by atoms with Gasteiger partial charge in [0.1, 0.15) is 11.3 Å². The molecule has 0 spiro atoms. The monoisotopic (exact) mass is 354 g/mol. The molecule has 2 heterocycles. The molecule has 4 rings (SSSR count). The van der Waals surface area contributed by atoms with Crippen LogP contribution in [0.5, 0.6) is 5.75 Å². The minimum atomic E-state index is -0.653. The summed E-state index contributed by atoms with van der Waals surface area (Å²) in [6.07, 6.45) is 0.700.